The maximum absolute atomic E-state index is 11.1. The van der Waals surface area contributed by atoms with Gasteiger partial charge in [-0.2, -0.15) is 0 Å². The molecule has 1 N–H and O–H groups in total. The molecule has 0 saturated heterocycles. The lowest BCUT2D eigenvalue weighted by atomic mass is 10.1. The minimum absolute atomic E-state index is 0.103. The van der Waals surface area contributed by atoms with Gasteiger partial charge in [0.15, 0.2) is 0 Å². The molecule has 1 saturated carbocycles. The van der Waals surface area contributed by atoms with Gasteiger partial charge in [0.05, 0.1) is 18.7 Å². The van der Waals surface area contributed by atoms with Gasteiger partial charge in [0.1, 0.15) is 29.5 Å². The Morgan fingerprint density at radius 3 is 2.61 bits per heavy atom. The molecule has 0 bridgehead atoms. The zero-order valence-electron chi connectivity index (χ0n) is 17.7. The van der Waals surface area contributed by atoms with Gasteiger partial charge in [0, 0.05) is 18.6 Å². The summed E-state index contributed by atoms with van der Waals surface area (Å²) < 4.78 is 22.5. The van der Waals surface area contributed by atoms with E-state index in [-0.39, 0.29) is 11.9 Å². The van der Waals surface area contributed by atoms with Gasteiger partial charge < -0.3 is 24.1 Å². The van der Waals surface area contributed by atoms with Crippen molar-refractivity contribution in [3.05, 3.63) is 54.6 Å². The van der Waals surface area contributed by atoms with Crippen LogP contribution in [0.5, 0.6) is 23.2 Å². The Morgan fingerprint density at radius 2 is 1.87 bits per heavy atom. The van der Waals surface area contributed by atoms with Crippen molar-refractivity contribution in [2.24, 2.45) is 5.92 Å². The van der Waals surface area contributed by atoms with Crippen molar-refractivity contribution in [2.75, 3.05) is 13.2 Å². The largest absolute Gasteiger partial charge is 0.493 e. The SMILES string of the molecule is CC(=O)N[C@@H](C)COc1cc(-c2ccc(Oc3cccc(OCC4CC4)c3)cc2)no1. The molecule has 1 aliphatic carbocycles. The second kappa shape index (κ2) is 9.55. The molecule has 1 aliphatic rings. The molecule has 7 nitrogen and oxygen atoms in total. The molecule has 1 amide bonds. The summed E-state index contributed by atoms with van der Waals surface area (Å²) in [6.45, 7) is 4.39. The third-order valence-corrected chi connectivity index (χ3v) is 4.79. The number of amides is 1. The van der Waals surface area contributed by atoms with E-state index in [1.807, 2.05) is 55.5 Å². The predicted octanol–water partition coefficient (Wildman–Crippen LogP) is 4.83. The molecular formula is C24H26N2O5. The summed E-state index contributed by atoms with van der Waals surface area (Å²) in [4.78, 5) is 11.1. The molecule has 1 atom stereocenters. The molecule has 7 heteroatoms. The van der Waals surface area contributed by atoms with Crippen LogP contribution in [0.4, 0.5) is 0 Å². The van der Waals surface area contributed by atoms with E-state index in [1.165, 1.54) is 19.8 Å². The van der Waals surface area contributed by atoms with Crippen molar-refractivity contribution in [1.29, 1.82) is 0 Å². The van der Waals surface area contributed by atoms with Crippen LogP contribution in [0.25, 0.3) is 11.3 Å². The number of carbonyl (C=O) groups excluding carboxylic acids is 1. The summed E-state index contributed by atoms with van der Waals surface area (Å²) in [5.74, 6) is 3.17. The number of benzene rings is 2. The monoisotopic (exact) mass is 422 g/mol. The van der Waals surface area contributed by atoms with Gasteiger partial charge in [-0.1, -0.05) is 11.2 Å². The van der Waals surface area contributed by atoms with E-state index in [1.54, 1.807) is 6.07 Å². The van der Waals surface area contributed by atoms with Crippen molar-refractivity contribution >= 4 is 5.91 Å². The zero-order valence-corrected chi connectivity index (χ0v) is 17.7. The minimum Gasteiger partial charge on any atom is -0.493 e. The van der Waals surface area contributed by atoms with Crippen molar-refractivity contribution in [3.8, 4) is 34.5 Å². The number of hydrogen-bond donors (Lipinski definition) is 1. The highest BCUT2D eigenvalue weighted by Gasteiger charge is 2.21. The van der Waals surface area contributed by atoms with Gasteiger partial charge in [0.25, 0.3) is 0 Å². The van der Waals surface area contributed by atoms with Gasteiger partial charge in [0.2, 0.25) is 5.91 Å². The third kappa shape index (κ3) is 6.25. The number of aromatic nitrogens is 1. The first-order valence-corrected chi connectivity index (χ1v) is 10.4. The van der Waals surface area contributed by atoms with E-state index in [9.17, 15) is 4.79 Å². The molecule has 0 spiro atoms. The van der Waals surface area contributed by atoms with Crippen molar-refractivity contribution in [2.45, 2.75) is 32.7 Å². The summed E-state index contributed by atoms with van der Waals surface area (Å²) in [5, 5.41) is 6.79. The fourth-order valence-electron chi connectivity index (χ4n) is 3.01. The first-order valence-electron chi connectivity index (χ1n) is 10.4. The molecule has 1 aromatic heterocycles. The second-order valence-electron chi connectivity index (χ2n) is 7.80. The molecular weight excluding hydrogens is 396 g/mol. The van der Waals surface area contributed by atoms with Gasteiger partial charge in [-0.3, -0.25) is 4.79 Å². The molecule has 2 aromatic carbocycles. The van der Waals surface area contributed by atoms with E-state index in [0.717, 1.165) is 23.7 Å². The number of carbonyl (C=O) groups is 1. The van der Waals surface area contributed by atoms with Gasteiger partial charge in [-0.25, -0.2) is 0 Å². The van der Waals surface area contributed by atoms with E-state index in [4.69, 9.17) is 18.7 Å². The first-order chi connectivity index (χ1) is 15.0. The van der Waals surface area contributed by atoms with Crippen LogP contribution in [-0.4, -0.2) is 30.3 Å². The summed E-state index contributed by atoms with van der Waals surface area (Å²) in [6, 6.07) is 16.8. The highest BCUT2D eigenvalue weighted by atomic mass is 16.6. The number of nitrogens with zero attached hydrogens (tertiary/aromatic N) is 1. The predicted molar refractivity (Wildman–Crippen MR) is 115 cm³/mol. The molecule has 31 heavy (non-hydrogen) atoms. The van der Waals surface area contributed by atoms with Crippen LogP contribution >= 0.6 is 0 Å². The van der Waals surface area contributed by atoms with Crippen molar-refractivity contribution in [1.82, 2.24) is 10.5 Å². The average molecular weight is 422 g/mol. The van der Waals surface area contributed by atoms with Gasteiger partial charge in [-0.15, -0.1) is 0 Å². The highest BCUT2D eigenvalue weighted by Crippen LogP contribution is 2.31. The van der Waals surface area contributed by atoms with Crippen LogP contribution in [0.15, 0.2) is 59.1 Å². The number of rotatable bonds is 10. The number of hydrogen-bond acceptors (Lipinski definition) is 6. The Hall–Kier alpha value is -3.48. The molecule has 0 unspecified atom stereocenters. The highest BCUT2D eigenvalue weighted by molar-refractivity contribution is 5.73. The van der Waals surface area contributed by atoms with E-state index in [2.05, 4.69) is 10.5 Å². The van der Waals surface area contributed by atoms with E-state index in [0.29, 0.717) is 29.9 Å². The lowest BCUT2D eigenvalue weighted by molar-refractivity contribution is -0.119. The molecule has 162 valence electrons. The Labute approximate surface area is 181 Å². The average Bonchev–Trinajstić information content (AvgIpc) is 3.47. The topological polar surface area (TPSA) is 82.8 Å². The maximum atomic E-state index is 11.1. The fourth-order valence-corrected chi connectivity index (χ4v) is 3.01. The Balaban J connectivity index is 1.32. The van der Waals surface area contributed by atoms with Crippen LogP contribution < -0.4 is 19.5 Å². The molecule has 0 aliphatic heterocycles. The zero-order chi connectivity index (χ0) is 21.6. The van der Waals surface area contributed by atoms with Crippen molar-refractivity contribution in [3.63, 3.8) is 0 Å². The molecule has 0 radical (unpaired) electrons. The van der Waals surface area contributed by atoms with Crippen LogP contribution in [0, 0.1) is 5.92 Å². The van der Waals surface area contributed by atoms with Crippen LogP contribution in [0.3, 0.4) is 0 Å². The summed E-state index contributed by atoms with van der Waals surface area (Å²) in [6.07, 6.45) is 2.52. The Morgan fingerprint density at radius 1 is 1.10 bits per heavy atom. The second-order valence-corrected chi connectivity index (χ2v) is 7.80. The maximum Gasteiger partial charge on any atom is 0.311 e. The fraction of sp³-hybridized carbons (Fsp3) is 0.333. The third-order valence-electron chi connectivity index (χ3n) is 4.79. The van der Waals surface area contributed by atoms with Crippen LogP contribution in [-0.2, 0) is 4.79 Å². The van der Waals surface area contributed by atoms with Crippen LogP contribution in [0.2, 0.25) is 0 Å². The summed E-state index contributed by atoms with van der Waals surface area (Å²) >= 11 is 0. The first kappa shape index (κ1) is 20.8. The quantitative estimate of drug-likeness (QED) is 0.504. The molecule has 4 rings (SSSR count). The number of nitrogens with one attached hydrogen (secondary N) is 1. The van der Waals surface area contributed by atoms with Crippen LogP contribution in [0.1, 0.15) is 26.7 Å². The van der Waals surface area contributed by atoms with Gasteiger partial charge in [-0.05, 0) is 62.1 Å². The molecule has 1 heterocycles. The molecule has 1 fully saturated rings. The van der Waals surface area contributed by atoms with Gasteiger partial charge >= 0.3 is 5.95 Å². The normalized spacial score (nSPS) is 14.0. The van der Waals surface area contributed by atoms with E-state index < -0.39 is 0 Å². The summed E-state index contributed by atoms with van der Waals surface area (Å²) in [5.41, 5.74) is 1.53. The van der Waals surface area contributed by atoms with E-state index >= 15 is 0 Å². The van der Waals surface area contributed by atoms with Crippen molar-refractivity contribution < 1.29 is 23.5 Å². The standard InChI is InChI=1S/C24H26N2O5/c1-16(25-17(2)27)14-29-24-13-23(26-31-24)19-8-10-20(11-9-19)30-22-5-3-4-21(12-22)28-15-18-6-7-18/h3-5,8-13,16,18H,6-7,14-15H2,1-2H3,(H,25,27)/t16-/m0/s1. The minimum atomic E-state index is -0.125. The number of ether oxygens (including phenoxy) is 3. The lowest BCUT2D eigenvalue weighted by Crippen LogP contribution is -2.35. The lowest BCUT2D eigenvalue weighted by Gasteiger charge is -2.11. The Bertz CT molecular complexity index is 1010. The Kier molecular flexibility index (Phi) is 6.40. The molecule has 3 aromatic rings. The summed E-state index contributed by atoms with van der Waals surface area (Å²) in [7, 11) is 0. The smallest absolute Gasteiger partial charge is 0.311 e.